The Morgan fingerprint density at radius 2 is 2.00 bits per heavy atom. The standard InChI is InChI=1S/C20H19N3O4S/c1-22-18-7-6-15(27-2)11-17(18)20(19(22)24)8-9-23(13-20)28(25,26)16-5-3-4-14(10-16)12-21/h3-7,10-11H,8-9,13H2,1-2H3/t20-/m1/s1. The first-order valence-corrected chi connectivity index (χ1v) is 10.2. The Labute approximate surface area is 163 Å². The topological polar surface area (TPSA) is 90.7 Å². The summed E-state index contributed by atoms with van der Waals surface area (Å²) in [5.41, 5.74) is 0.930. The van der Waals surface area contributed by atoms with Crippen LogP contribution in [0.25, 0.3) is 0 Å². The lowest BCUT2D eigenvalue weighted by molar-refractivity contribution is -0.122. The molecule has 1 amide bonds. The molecule has 0 aromatic heterocycles. The van der Waals surface area contributed by atoms with Gasteiger partial charge in [-0.2, -0.15) is 9.57 Å². The second-order valence-electron chi connectivity index (χ2n) is 7.06. The van der Waals surface area contributed by atoms with Crippen LogP contribution >= 0.6 is 0 Å². The number of hydrogen-bond acceptors (Lipinski definition) is 5. The Bertz CT molecular complexity index is 1120. The molecule has 8 heteroatoms. The van der Waals surface area contributed by atoms with Gasteiger partial charge in [0.1, 0.15) is 5.75 Å². The zero-order chi connectivity index (χ0) is 20.1. The maximum atomic E-state index is 13.1. The Morgan fingerprint density at radius 1 is 1.21 bits per heavy atom. The summed E-state index contributed by atoms with van der Waals surface area (Å²) in [6.07, 6.45) is 0.396. The van der Waals surface area contributed by atoms with Gasteiger partial charge in [0, 0.05) is 25.8 Å². The van der Waals surface area contributed by atoms with Crippen molar-refractivity contribution in [2.45, 2.75) is 16.7 Å². The minimum absolute atomic E-state index is 0.0632. The van der Waals surface area contributed by atoms with Crippen molar-refractivity contribution in [3.8, 4) is 11.8 Å². The van der Waals surface area contributed by atoms with Gasteiger partial charge in [-0.15, -0.1) is 0 Å². The highest BCUT2D eigenvalue weighted by Crippen LogP contribution is 2.48. The largest absolute Gasteiger partial charge is 0.497 e. The number of likely N-dealkylation sites (N-methyl/N-ethyl adjacent to an activating group) is 1. The van der Waals surface area contributed by atoms with Crippen molar-refractivity contribution in [2.24, 2.45) is 0 Å². The van der Waals surface area contributed by atoms with Crippen LogP contribution in [0.4, 0.5) is 5.69 Å². The van der Waals surface area contributed by atoms with E-state index < -0.39 is 15.4 Å². The van der Waals surface area contributed by atoms with Gasteiger partial charge in [0.2, 0.25) is 15.9 Å². The van der Waals surface area contributed by atoms with E-state index >= 15 is 0 Å². The minimum atomic E-state index is -3.81. The van der Waals surface area contributed by atoms with E-state index in [9.17, 15) is 13.2 Å². The molecule has 1 atom stereocenters. The normalized spacial score (nSPS) is 21.8. The highest BCUT2D eigenvalue weighted by molar-refractivity contribution is 7.89. The summed E-state index contributed by atoms with van der Waals surface area (Å²) in [6, 6.07) is 13.3. The number of benzene rings is 2. The molecule has 0 radical (unpaired) electrons. The number of fused-ring (bicyclic) bond motifs is 2. The van der Waals surface area contributed by atoms with E-state index in [0.29, 0.717) is 12.2 Å². The first-order valence-electron chi connectivity index (χ1n) is 8.80. The van der Waals surface area contributed by atoms with E-state index in [2.05, 4.69) is 0 Å². The molecule has 28 heavy (non-hydrogen) atoms. The Kier molecular flexibility index (Phi) is 4.17. The summed E-state index contributed by atoms with van der Waals surface area (Å²) in [6.45, 7) is 0.296. The maximum absolute atomic E-state index is 13.1. The number of carbonyl (C=O) groups is 1. The van der Waals surface area contributed by atoms with Crippen molar-refractivity contribution in [2.75, 3.05) is 32.1 Å². The van der Waals surface area contributed by atoms with Crippen LogP contribution in [0.5, 0.6) is 5.75 Å². The second-order valence-corrected chi connectivity index (χ2v) is 9.00. The molecule has 7 nitrogen and oxygen atoms in total. The number of methoxy groups -OCH3 is 1. The SMILES string of the molecule is COc1ccc2c(c1)[C@]1(CCN(S(=O)(=O)c3cccc(C#N)c3)C1)C(=O)N2C. The van der Waals surface area contributed by atoms with Crippen molar-refractivity contribution >= 4 is 21.6 Å². The summed E-state index contributed by atoms with van der Waals surface area (Å²) in [4.78, 5) is 14.8. The van der Waals surface area contributed by atoms with Gasteiger partial charge in [-0.05, 0) is 48.4 Å². The van der Waals surface area contributed by atoms with Crippen LogP contribution in [0.3, 0.4) is 0 Å². The first-order chi connectivity index (χ1) is 13.3. The number of rotatable bonds is 3. The van der Waals surface area contributed by atoms with Crippen LogP contribution < -0.4 is 9.64 Å². The molecule has 144 valence electrons. The fourth-order valence-corrected chi connectivity index (χ4v) is 5.66. The number of amides is 1. The predicted octanol–water partition coefficient (Wildman–Crippen LogP) is 1.88. The average molecular weight is 397 g/mol. The van der Waals surface area contributed by atoms with Crippen LogP contribution in [-0.4, -0.2) is 45.9 Å². The van der Waals surface area contributed by atoms with Gasteiger partial charge in [0.05, 0.1) is 29.1 Å². The third-order valence-corrected chi connectivity index (χ3v) is 7.47. The molecule has 2 aromatic rings. The summed E-state index contributed by atoms with van der Waals surface area (Å²) in [7, 11) is -0.551. The number of ether oxygens (including phenoxy) is 1. The predicted molar refractivity (Wildman–Crippen MR) is 103 cm³/mol. The molecule has 1 spiro atoms. The van der Waals surface area contributed by atoms with E-state index in [0.717, 1.165) is 11.3 Å². The molecule has 0 unspecified atom stereocenters. The van der Waals surface area contributed by atoms with Crippen molar-refractivity contribution < 1.29 is 17.9 Å². The second kappa shape index (κ2) is 6.33. The Morgan fingerprint density at radius 3 is 2.71 bits per heavy atom. The van der Waals surface area contributed by atoms with E-state index in [1.54, 1.807) is 37.3 Å². The number of carbonyl (C=O) groups excluding carboxylic acids is 1. The Hall–Kier alpha value is -2.89. The quantitative estimate of drug-likeness (QED) is 0.789. The molecule has 0 N–H and O–H groups in total. The summed E-state index contributed by atoms with van der Waals surface area (Å²) >= 11 is 0. The van der Waals surface area contributed by atoms with Crippen molar-refractivity contribution in [1.82, 2.24) is 4.31 Å². The summed E-state index contributed by atoms with van der Waals surface area (Å²) in [5.74, 6) is 0.517. The summed E-state index contributed by atoms with van der Waals surface area (Å²) < 4.78 is 32.9. The molecule has 1 saturated heterocycles. The minimum Gasteiger partial charge on any atom is -0.497 e. The third kappa shape index (κ3) is 2.51. The van der Waals surface area contributed by atoms with Crippen molar-refractivity contribution in [1.29, 1.82) is 5.26 Å². The molecule has 0 bridgehead atoms. The number of nitriles is 1. The molecular weight excluding hydrogens is 378 g/mol. The first kappa shape index (κ1) is 18.5. The molecule has 1 fully saturated rings. The molecule has 2 aromatic carbocycles. The monoisotopic (exact) mass is 397 g/mol. The van der Waals surface area contributed by atoms with Gasteiger partial charge in [0.25, 0.3) is 0 Å². The highest BCUT2D eigenvalue weighted by atomic mass is 32.2. The van der Waals surface area contributed by atoms with Crippen molar-refractivity contribution in [3.63, 3.8) is 0 Å². The maximum Gasteiger partial charge on any atom is 0.243 e. The smallest absolute Gasteiger partial charge is 0.243 e. The van der Waals surface area contributed by atoms with Crippen LogP contribution in [0.2, 0.25) is 0 Å². The van der Waals surface area contributed by atoms with Gasteiger partial charge in [-0.1, -0.05) is 6.07 Å². The molecule has 0 saturated carbocycles. The lowest BCUT2D eigenvalue weighted by atomic mass is 9.81. The van der Waals surface area contributed by atoms with Crippen LogP contribution in [-0.2, 0) is 20.2 Å². The summed E-state index contributed by atoms with van der Waals surface area (Å²) in [5, 5.41) is 9.06. The van der Waals surface area contributed by atoms with E-state index in [4.69, 9.17) is 10.00 Å². The zero-order valence-corrected chi connectivity index (χ0v) is 16.4. The van der Waals surface area contributed by atoms with E-state index in [1.807, 2.05) is 18.2 Å². The van der Waals surface area contributed by atoms with E-state index in [-0.39, 0.29) is 29.5 Å². The van der Waals surface area contributed by atoms with Crippen LogP contribution in [0, 0.1) is 11.3 Å². The zero-order valence-electron chi connectivity index (χ0n) is 15.5. The highest BCUT2D eigenvalue weighted by Gasteiger charge is 2.55. The molecule has 0 aliphatic carbocycles. The number of hydrogen-bond donors (Lipinski definition) is 0. The number of anilines is 1. The van der Waals surface area contributed by atoms with Crippen molar-refractivity contribution in [3.05, 3.63) is 53.6 Å². The lowest BCUT2D eigenvalue weighted by Crippen LogP contribution is -2.42. The fraction of sp³-hybridized carbons (Fsp3) is 0.300. The fourth-order valence-electron chi connectivity index (χ4n) is 4.11. The van der Waals surface area contributed by atoms with Crippen LogP contribution in [0.1, 0.15) is 17.5 Å². The van der Waals surface area contributed by atoms with Gasteiger partial charge < -0.3 is 9.64 Å². The van der Waals surface area contributed by atoms with Gasteiger partial charge >= 0.3 is 0 Å². The van der Waals surface area contributed by atoms with Gasteiger partial charge in [-0.3, -0.25) is 4.79 Å². The molecule has 2 heterocycles. The van der Waals surface area contributed by atoms with Crippen LogP contribution in [0.15, 0.2) is 47.4 Å². The third-order valence-electron chi connectivity index (χ3n) is 5.63. The van der Waals surface area contributed by atoms with Gasteiger partial charge in [0.15, 0.2) is 0 Å². The number of nitrogens with zero attached hydrogens (tertiary/aromatic N) is 3. The average Bonchev–Trinajstić information content (AvgIpc) is 3.26. The molecular formula is C20H19N3O4S. The van der Waals surface area contributed by atoms with E-state index in [1.165, 1.54) is 16.4 Å². The number of sulfonamides is 1. The molecule has 4 rings (SSSR count). The lowest BCUT2D eigenvalue weighted by Gasteiger charge is -2.23. The molecule has 2 aliphatic heterocycles. The Balaban J connectivity index is 1.74. The molecule has 2 aliphatic rings. The van der Waals surface area contributed by atoms with Gasteiger partial charge in [-0.25, -0.2) is 8.42 Å².